The number of nitrogens with zero attached hydrogens (tertiary/aromatic N) is 2. The van der Waals surface area contributed by atoms with Crippen LogP contribution in [0.2, 0.25) is 0 Å². The van der Waals surface area contributed by atoms with E-state index in [2.05, 4.69) is 5.16 Å². The van der Waals surface area contributed by atoms with E-state index in [-0.39, 0.29) is 6.61 Å². The topological polar surface area (TPSA) is 57.3 Å². The number of hydrogen-bond acceptors (Lipinski definition) is 4. The maximum atomic E-state index is 11.8. The lowest BCUT2D eigenvalue weighted by atomic mass is 10.0. The molecule has 1 aliphatic heterocycles. The van der Waals surface area contributed by atoms with E-state index >= 15 is 0 Å². The molecule has 5 nitrogen and oxygen atoms in total. The van der Waals surface area contributed by atoms with Gasteiger partial charge in [0.2, 0.25) is 0 Å². The Labute approximate surface area is 114 Å². The number of ether oxygens (including phenoxy) is 1. The molecule has 0 aliphatic carbocycles. The van der Waals surface area contributed by atoms with Crippen molar-refractivity contribution < 1.29 is 9.26 Å². The lowest BCUT2D eigenvalue weighted by Crippen LogP contribution is -2.21. The van der Waals surface area contributed by atoms with Crippen LogP contribution < -0.4 is 10.5 Å². The zero-order valence-corrected chi connectivity index (χ0v) is 10.4. The van der Waals surface area contributed by atoms with Crippen LogP contribution in [0.5, 0.6) is 5.75 Å². The molecule has 3 aromatic rings. The second-order valence-electron chi connectivity index (χ2n) is 4.54. The first-order chi connectivity index (χ1) is 9.83. The zero-order valence-electron chi connectivity index (χ0n) is 10.4. The Balaban J connectivity index is 1.94. The van der Waals surface area contributed by atoms with Crippen LogP contribution in [0.1, 0.15) is 5.82 Å². The van der Waals surface area contributed by atoms with Crippen molar-refractivity contribution in [2.45, 2.75) is 6.61 Å². The Morgan fingerprint density at radius 2 is 1.90 bits per heavy atom. The minimum atomic E-state index is -0.491. The monoisotopic (exact) mass is 266 g/mol. The van der Waals surface area contributed by atoms with Crippen LogP contribution in [0.4, 0.5) is 0 Å². The molecule has 2 aromatic carbocycles. The molecule has 1 aliphatic rings. The molecule has 0 fully saturated rings. The van der Waals surface area contributed by atoms with E-state index in [1.807, 2.05) is 48.5 Å². The van der Waals surface area contributed by atoms with E-state index in [0.717, 1.165) is 11.1 Å². The van der Waals surface area contributed by atoms with Gasteiger partial charge in [0.25, 0.3) is 0 Å². The van der Waals surface area contributed by atoms with E-state index in [1.165, 1.54) is 4.57 Å². The molecule has 5 heteroatoms. The molecule has 0 N–H and O–H groups in total. The summed E-state index contributed by atoms with van der Waals surface area (Å²) in [6.45, 7) is 0.240. The van der Waals surface area contributed by atoms with Gasteiger partial charge in [0, 0.05) is 0 Å². The minimum Gasteiger partial charge on any atom is -0.483 e. The zero-order chi connectivity index (χ0) is 13.5. The van der Waals surface area contributed by atoms with Crippen LogP contribution in [0.3, 0.4) is 0 Å². The van der Waals surface area contributed by atoms with Crippen molar-refractivity contribution >= 4 is 0 Å². The van der Waals surface area contributed by atoms with Crippen LogP contribution in [-0.4, -0.2) is 9.72 Å². The number of rotatable bonds is 1. The van der Waals surface area contributed by atoms with Crippen LogP contribution in [0.25, 0.3) is 16.8 Å². The first kappa shape index (κ1) is 11.0. The van der Waals surface area contributed by atoms with Gasteiger partial charge in [0.1, 0.15) is 5.75 Å². The predicted molar refractivity (Wildman–Crippen MR) is 71.9 cm³/mol. The summed E-state index contributed by atoms with van der Waals surface area (Å²) in [5.74, 6) is 0.643. The molecule has 0 amide bonds. The van der Waals surface area contributed by atoms with Crippen LogP contribution in [0, 0.1) is 0 Å². The summed E-state index contributed by atoms with van der Waals surface area (Å²) < 4.78 is 11.7. The minimum absolute atomic E-state index is 0.240. The molecule has 20 heavy (non-hydrogen) atoms. The fourth-order valence-electron chi connectivity index (χ4n) is 2.37. The van der Waals surface area contributed by atoms with Gasteiger partial charge in [-0.25, -0.2) is 9.36 Å². The molecule has 0 saturated carbocycles. The molecule has 98 valence electrons. The first-order valence-corrected chi connectivity index (χ1v) is 6.23. The van der Waals surface area contributed by atoms with Gasteiger partial charge in [-0.3, -0.25) is 4.52 Å². The van der Waals surface area contributed by atoms with Crippen molar-refractivity contribution in [3.63, 3.8) is 0 Å². The van der Waals surface area contributed by atoms with E-state index in [1.54, 1.807) is 0 Å². The Kier molecular flexibility index (Phi) is 2.26. The summed E-state index contributed by atoms with van der Waals surface area (Å²) in [7, 11) is 0. The molecule has 0 atom stereocenters. The normalized spacial score (nSPS) is 12.4. The van der Waals surface area contributed by atoms with Crippen LogP contribution in [-0.2, 0) is 6.61 Å². The molecule has 0 bridgehead atoms. The highest BCUT2D eigenvalue weighted by Crippen LogP contribution is 2.32. The number of aromatic nitrogens is 2. The van der Waals surface area contributed by atoms with E-state index in [4.69, 9.17) is 9.26 Å². The predicted octanol–water partition coefficient (Wildman–Crippen LogP) is 2.38. The van der Waals surface area contributed by atoms with E-state index in [0.29, 0.717) is 17.3 Å². The smallest absolute Gasteiger partial charge is 0.446 e. The fraction of sp³-hybridized carbons (Fsp3) is 0.0667. The molecule has 0 spiro atoms. The largest absolute Gasteiger partial charge is 0.483 e. The second kappa shape index (κ2) is 4.09. The van der Waals surface area contributed by atoms with Crippen LogP contribution >= 0.6 is 0 Å². The Morgan fingerprint density at radius 3 is 2.75 bits per heavy atom. The average molecular weight is 266 g/mol. The van der Waals surface area contributed by atoms with Gasteiger partial charge in [0.15, 0.2) is 12.4 Å². The van der Waals surface area contributed by atoms with E-state index in [9.17, 15) is 4.79 Å². The lowest BCUT2D eigenvalue weighted by Gasteiger charge is -2.18. The second-order valence-corrected chi connectivity index (χ2v) is 4.54. The van der Waals surface area contributed by atoms with Gasteiger partial charge in [-0.05, 0) is 23.3 Å². The molecule has 0 radical (unpaired) electrons. The molecular weight excluding hydrogens is 256 g/mol. The van der Waals surface area contributed by atoms with E-state index < -0.39 is 5.76 Å². The molecule has 1 aromatic heterocycles. The van der Waals surface area contributed by atoms with Crippen molar-refractivity contribution in [3.05, 3.63) is 64.9 Å². The van der Waals surface area contributed by atoms with Crippen molar-refractivity contribution in [2.75, 3.05) is 0 Å². The van der Waals surface area contributed by atoms with Crippen LogP contribution in [0.15, 0.2) is 57.8 Å². The van der Waals surface area contributed by atoms with Gasteiger partial charge in [-0.1, -0.05) is 41.6 Å². The molecule has 0 saturated heterocycles. The Bertz CT molecular complexity index is 834. The third-order valence-electron chi connectivity index (χ3n) is 3.33. The Morgan fingerprint density at radius 1 is 1.05 bits per heavy atom. The van der Waals surface area contributed by atoms with Gasteiger partial charge >= 0.3 is 5.76 Å². The fourth-order valence-corrected chi connectivity index (χ4v) is 2.37. The Hall–Kier alpha value is -2.82. The maximum absolute atomic E-state index is 11.8. The summed E-state index contributed by atoms with van der Waals surface area (Å²) in [6.07, 6.45) is 0. The van der Waals surface area contributed by atoms with Crippen molar-refractivity contribution in [1.82, 2.24) is 9.72 Å². The van der Waals surface area contributed by atoms with Crippen molar-refractivity contribution in [2.24, 2.45) is 0 Å². The third kappa shape index (κ3) is 1.56. The summed E-state index contributed by atoms with van der Waals surface area (Å²) >= 11 is 0. The summed E-state index contributed by atoms with van der Waals surface area (Å²) in [6, 6.07) is 15.7. The number of benzene rings is 2. The molecule has 4 rings (SSSR count). The van der Waals surface area contributed by atoms with Gasteiger partial charge in [0.05, 0.1) is 5.69 Å². The SMILES string of the molecule is O=c1onc2n1-c1cc(-c3ccccc3)ccc1OC2. The van der Waals surface area contributed by atoms with Gasteiger partial charge in [-0.2, -0.15) is 0 Å². The first-order valence-electron chi connectivity index (χ1n) is 6.23. The highest BCUT2D eigenvalue weighted by atomic mass is 16.5. The standard InChI is InChI=1S/C15H10N2O3/c18-15-17-12-8-11(10-4-2-1-3-5-10)6-7-13(12)19-9-14(17)16-20-15/h1-8H,9H2. The molecule has 2 heterocycles. The highest BCUT2D eigenvalue weighted by molar-refractivity contribution is 5.68. The average Bonchev–Trinajstić information content (AvgIpc) is 2.89. The third-order valence-corrected chi connectivity index (χ3v) is 3.33. The van der Waals surface area contributed by atoms with Crippen molar-refractivity contribution in [3.8, 4) is 22.6 Å². The van der Waals surface area contributed by atoms with Gasteiger partial charge in [-0.15, -0.1) is 0 Å². The quantitative estimate of drug-likeness (QED) is 0.678. The molecular formula is C15H10N2O3. The van der Waals surface area contributed by atoms with Gasteiger partial charge < -0.3 is 4.74 Å². The maximum Gasteiger partial charge on any atom is 0.446 e. The summed E-state index contributed by atoms with van der Waals surface area (Å²) in [4.78, 5) is 11.8. The summed E-state index contributed by atoms with van der Waals surface area (Å²) in [5.41, 5.74) is 2.75. The summed E-state index contributed by atoms with van der Waals surface area (Å²) in [5, 5.41) is 3.71. The van der Waals surface area contributed by atoms with Crippen molar-refractivity contribution in [1.29, 1.82) is 0 Å². The molecule has 0 unspecified atom stereocenters. The number of fused-ring (bicyclic) bond motifs is 3. The highest BCUT2D eigenvalue weighted by Gasteiger charge is 2.22. The number of hydrogen-bond donors (Lipinski definition) is 0. The lowest BCUT2D eigenvalue weighted by molar-refractivity contribution is 0.274.